The highest BCUT2D eigenvalue weighted by atomic mass is 16.5. The molecule has 2 aliphatic heterocycles. The summed E-state index contributed by atoms with van der Waals surface area (Å²) in [5, 5.41) is 10.9. The molecule has 142 valence electrons. The van der Waals surface area contributed by atoms with Crippen molar-refractivity contribution in [2.24, 2.45) is 14.1 Å². The van der Waals surface area contributed by atoms with Crippen molar-refractivity contribution in [1.82, 2.24) is 24.2 Å². The van der Waals surface area contributed by atoms with Crippen LogP contribution in [0.15, 0.2) is 35.5 Å². The average molecular weight is 370 g/mol. The lowest BCUT2D eigenvalue weighted by atomic mass is 10.2. The normalized spacial score (nSPS) is 11.1. The smallest absolute Gasteiger partial charge is 0.262 e. The number of aryl methyl sites for hydroxylation is 2. The summed E-state index contributed by atoms with van der Waals surface area (Å²) in [4.78, 5) is 26.7. The molecule has 0 saturated carbocycles. The molecule has 9 heteroatoms. The SMILES string of the molecule is CN(C)CCOc1cc(=O)n(C)cc1C(=O)Nc1nnc2ccn(C)cc1-2. The Bertz CT molecular complexity index is 991. The van der Waals surface area contributed by atoms with Crippen LogP contribution in [-0.2, 0) is 14.1 Å². The molecule has 3 rings (SSSR count). The molecule has 0 unspecified atom stereocenters. The van der Waals surface area contributed by atoms with E-state index in [0.29, 0.717) is 24.7 Å². The molecule has 1 amide bonds. The zero-order chi connectivity index (χ0) is 19.6. The molecule has 0 bridgehead atoms. The molecule has 1 aromatic rings. The highest BCUT2D eigenvalue weighted by Crippen LogP contribution is 2.27. The molecular formula is C18H22N6O3. The minimum absolute atomic E-state index is 0.242. The first-order chi connectivity index (χ1) is 12.8. The third-order valence-corrected chi connectivity index (χ3v) is 4.05. The van der Waals surface area contributed by atoms with Crippen LogP contribution in [0.1, 0.15) is 10.4 Å². The van der Waals surface area contributed by atoms with Gasteiger partial charge in [-0.3, -0.25) is 9.59 Å². The number of carbonyl (C=O) groups excluding carboxylic acids is 1. The maximum atomic E-state index is 12.8. The van der Waals surface area contributed by atoms with Gasteiger partial charge in [-0.05, 0) is 20.2 Å². The van der Waals surface area contributed by atoms with Crippen molar-refractivity contribution >= 4 is 11.7 Å². The highest BCUT2D eigenvalue weighted by molar-refractivity contribution is 6.07. The summed E-state index contributed by atoms with van der Waals surface area (Å²) in [7, 11) is 7.29. The number of nitrogens with zero attached hydrogens (tertiary/aromatic N) is 5. The number of carbonyl (C=O) groups is 1. The number of fused-ring (bicyclic) bond motifs is 1. The van der Waals surface area contributed by atoms with Crippen molar-refractivity contribution < 1.29 is 9.53 Å². The van der Waals surface area contributed by atoms with Crippen LogP contribution in [0.4, 0.5) is 5.82 Å². The van der Waals surface area contributed by atoms with E-state index >= 15 is 0 Å². The number of rotatable bonds is 6. The molecule has 0 fully saturated rings. The number of hydrogen-bond acceptors (Lipinski definition) is 6. The molecule has 3 heterocycles. The van der Waals surface area contributed by atoms with Crippen LogP contribution >= 0.6 is 0 Å². The maximum absolute atomic E-state index is 12.8. The summed E-state index contributed by atoms with van der Waals surface area (Å²) in [6, 6.07) is 3.14. The molecular weight excluding hydrogens is 348 g/mol. The Morgan fingerprint density at radius 1 is 1.26 bits per heavy atom. The Morgan fingerprint density at radius 2 is 2.04 bits per heavy atom. The Hall–Kier alpha value is -3.20. The van der Waals surface area contributed by atoms with E-state index in [-0.39, 0.29) is 16.9 Å². The zero-order valence-corrected chi connectivity index (χ0v) is 15.8. The molecule has 9 nitrogen and oxygen atoms in total. The van der Waals surface area contributed by atoms with E-state index in [9.17, 15) is 9.59 Å². The van der Waals surface area contributed by atoms with E-state index in [1.54, 1.807) is 7.05 Å². The zero-order valence-electron chi connectivity index (χ0n) is 15.8. The molecule has 1 N–H and O–H groups in total. The fourth-order valence-corrected chi connectivity index (χ4v) is 2.53. The van der Waals surface area contributed by atoms with Crippen LogP contribution < -0.4 is 15.6 Å². The number of pyridine rings is 2. The number of aromatic nitrogens is 4. The van der Waals surface area contributed by atoms with Gasteiger partial charge in [-0.15, -0.1) is 10.2 Å². The average Bonchev–Trinajstić information content (AvgIpc) is 2.99. The largest absolute Gasteiger partial charge is 0.491 e. The second-order valence-corrected chi connectivity index (χ2v) is 6.56. The van der Waals surface area contributed by atoms with Gasteiger partial charge in [-0.25, -0.2) is 0 Å². The predicted octanol–water partition coefficient (Wildman–Crippen LogP) is 0.811. The van der Waals surface area contributed by atoms with E-state index in [0.717, 1.165) is 5.56 Å². The summed E-state index contributed by atoms with van der Waals surface area (Å²) in [6.07, 6.45) is 5.15. The third-order valence-electron chi connectivity index (χ3n) is 4.05. The Labute approximate surface area is 156 Å². The van der Waals surface area contributed by atoms with Crippen molar-refractivity contribution in [1.29, 1.82) is 0 Å². The molecule has 2 aliphatic rings. The van der Waals surface area contributed by atoms with Gasteiger partial charge in [-0.2, -0.15) is 0 Å². The third kappa shape index (κ3) is 4.14. The van der Waals surface area contributed by atoms with Gasteiger partial charge >= 0.3 is 0 Å². The fourth-order valence-electron chi connectivity index (χ4n) is 2.53. The molecule has 0 atom stereocenters. The monoisotopic (exact) mass is 370 g/mol. The summed E-state index contributed by atoms with van der Waals surface area (Å²) < 4.78 is 8.86. The summed E-state index contributed by atoms with van der Waals surface area (Å²) in [5.41, 5.74) is 1.42. The van der Waals surface area contributed by atoms with Crippen LogP contribution in [-0.4, -0.2) is 57.4 Å². The number of nitrogens with one attached hydrogen (secondary N) is 1. The molecule has 0 aromatic carbocycles. The van der Waals surface area contributed by atoms with Crippen LogP contribution in [0, 0.1) is 0 Å². The number of amides is 1. The highest BCUT2D eigenvalue weighted by Gasteiger charge is 2.20. The van der Waals surface area contributed by atoms with Gasteiger partial charge in [0.1, 0.15) is 12.4 Å². The first-order valence-corrected chi connectivity index (χ1v) is 8.43. The minimum Gasteiger partial charge on any atom is -0.491 e. The molecule has 0 aliphatic carbocycles. The number of hydrogen-bond donors (Lipinski definition) is 1. The lowest BCUT2D eigenvalue weighted by molar-refractivity contribution is 0.102. The quantitative estimate of drug-likeness (QED) is 0.690. The fraction of sp³-hybridized carbons (Fsp3) is 0.333. The number of ether oxygens (including phenoxy) is 1. The van der Waals surface area contributed by atoms with Gasteiger partial charge in [0.05, 0.1) is 16.8 Å². The van der Waals surface area contributed by atoms with E-state index in [1.165, 1.54) is 16.8 Å². The van der Waals surface area contributed by atoms with Gasteiger partial charge in [0, 0.05) is 45.3 Å². The van der Waals surface area contributed by atoms with Crippen molar-refractivity contribution in [3.05, 3.63) is 46.6 Å². The van der Waals surface area contributed by atoms with Crippen molar-refractivity contribution in [3.8, 4) is 17.0 Å². The van der Waals surface area contributed by atoms with E-state index in [4.69, 9.17) is 4.74 Å². The van der Waals surface area contributed by atoms with E-state index in [1.807, 2.05) is 49.1 Å². The van der Waals surface area contributed by atoms with E-state index < -0.39 is 5.91 Å². The summed E-state index contributed by atoms with van der Waals surface area (Å²) in [6.45, 7) is 1.02. The second kappa shape index (κ2) is 7.58. The summed E-state index contributed by atoms with van der Waals surface area (Å²) >= 11 is 0. The maximum Gasteiger partial charge on any atom is 0.262 e. The minimum atomic E-state index is -0.418. The summed E-state index contributed by atoms with van der Waals surface area (Å²) in [5.74, 6) is 0.185. The lowest BCUT2D eigenvalue weighted by Crippen LogP contribution is -2.24. The van der Waals surface area contributed by atoms with Gasteiger partial charge in [0.15, 0.2) is 5.82 Å². The lowest BCUT2D eigenvalue weighted by Gasteiger charge is -2.14. The Morgan fingerprint density at radius 3 is 2.78 bits per heavy atom. The molecule has 0 radical (unpaired) electrons. The standard InChI is InChI=1S/C18H22N6O3/c1-22(2)7-8-27-15-9-16(25)24(4)11-13(15)18(26)19-17-12-10-23(3)6-5-14(12)20-21-17/h5-6,9-11H,7-8H2,1-4H3,(H,19,21,26). The van der Waals surface area contributed by atoms with Gasteiger partial charge in [0.2, 0.25) is 0 Å². The van der Waals surface area contributed by atoms with Gasteiger partial charge in [-0.1, -0.05) is 0 Å². The second-order valence-electron chi connectivity index (χ2n) is 6.56. The first-order valence-electron chi connectivity index (χ1n) is 8.43. The molecule has 0 spiro atoms. The van der Waals surface area contributed by atoms with Crippen molar-refractivity contribution in [2.45, 2.75) is 0 Å². The van der Waals surface area contributed by atoms with Gasteiger partial charge < -0.3 is 24.1 Å². The number of anilines is 1. The van der Waals surface area contributed by atoms with E-state index in [2.05, 4.69) is 15.5 Å². The molecule has 27 heavy (non-hydrogen) atoms. The molecule has 0 saturated heterocycles. The Balaban J connectivity index is 1.87. The van der Waals surface area contributed by atoms with Crippen LogP contribution in [0.5, 0.6) is 5.75 Å². The van der Waals surface area contributed by atoms with Crippen LogP contribution in [0.3, 0.4) is 0 Å². The topological polar surface area (TPSA) is 94.3 Å². The van der Waals surface area contributed by atoms with Crippen molar-refractivity contribution in [2.75, 3.05) is 32.6 Å². The van der Waals surface area contributed by atoms with Crippen molar-refractivity contribution in [3.63, 3.8) is 0 Å². The van der Waals surface area contributed by atoms with Gasteiger partial charge in [0.25, 0.3) is 11.5 Å². The number of likely N-dealkylation sites (N-methyl/N-ethyl adjacent to an activating group) is 1. The van der Waals surface area contributed by atoms with Crippen LogP contribution in [0.25, 0.3) is 11.3 Å². The predicted molar refractivity (Wildman–Crippen MR) is 101 cm³/mol. The first kappa shape index (κ1) is 18.6. The Kier molecular flexibility index (Phi) is 5.22. The van der Waals surface area contributed by atoms with Crippen LogP contribution in [0.2, 0.25) is 0 Å². The molecule has 1 aromatic heterocycles.